The van der Waals surface area contributed by atoms with Crippen LogP contribution in [-0.2, 0) is 14.3 Å². The molecule has 0 spiro atoms. The van der Waals surface area contributed by atoms with Gasteiger partial charge in [-0.05, 0) is 13.8 Å². The van der Waals surface area contributed by atoms with E-state index < -0.39 is 0 Å². The fourth-order valence-corrected chi connectivity index (χ4v) is 2.40. The van der Waals surface area contributed by atoms with Crippen molar-refractivity contribution < 1.29 is 14.3 Å². The number of methoxy groups -OCH3 is 1. The summed E-state index contributed by atoms with van der Waals surface area (Å²) < 4.78 is 10.4. The molecule has 0 radical (unpaired) electrons. The van der Waals surface area contributed by atoms with Gasteiger partial charge >= 0.3 is 0 Å². The van der Waals surface area contributed by atoms with Gasteiger partial charge in [0.15, 0.2) is 0 Å². The van der Waals surface area contributed by atoms with Crippen molar-refractivity contribution in [2.45, 2.75) is 33.7 Å². The maximum Gasteiger partial charge on any atom is 0.273 e. The van der Waals surface area contributed by atoms with Crippen molar-refractivity contribution >= 4 is 5.91 Å². The van der Waals surface area contributed by atoms with E-state index in [4.69, 9.17) is 9.47 Å². The average molecular weight is 359 g/mol. The number of carbonyl (C=O) groups is 1. The molecule has 2 N–H and O–H groups in total. The molecular weight excluding hydrogens is 320 g/mol. The number of ether oxygens (including phenoxy) is 2. The zero-order chi connectivity index (χ0) is 19.1. The molecule has 0 saturated carbocycles. The summed E-state index contributed by atoms with van der Waals surface area (Å²) in [5, 5.41) is 6.12. The molecule has 0 atom stereocenters. The normalized spacial score (nSPS) is 15.6. The molecule has 0 bridgehead atoms. The van der Waals surface area contributed by atoms with Gasteiger partial charge in [0, 0.05) is 59.5 Å². The van der Waals surface area contributed by atoms with E-state index >= 15 is 0 Å². The number of nitrogens with one attached hydrogen (secondary N) is 2. The minimum Gasteiger partial charge on any atom is -0.498 e. The minimum absolute atomic E-state index is 0.00301. The number of carbonyl (C=O) groups excluding carboxylic acids is 1. The Kier molecular flexibility index (Phi) is 14.2. The van der Waals surface area contributed by atoms with Gasteiger partial charge in [-0.3, -0.25) is 9.69 Å². The molecule has 1 fully saturated rings. The van der Waals surface area contributed by atoms with Crippen molar-refractivity contribution in [3.8, 4) is 0 Å². The highest BCUT2D eigenvalue weighted by atomic mass is 16.5. The van der Waals surface area contributed by atoms with Gasteiger partial charge in [0.1, 0.15) is 12.0 Å². The number of likely N-dealkylation sites (N-methyl/N-ethyl adjacent to an activating group) is 1. The Morgan fingerprint density at radius 3 is 2.24 bits per heavy atom. The van der Waals surface area contributed by atoms with Crippen LogP contribution in [0.2, 0.25) is 0 Å². The first-order chi connectivity index (χ1) is 12.1. The zero-order valence-electron chi connectivity index (χ0n) is 16.9. The maximum atomic E-state index is 12.5. The highest BCUT2D eigenvalue weighted by Gasteiger charge is 2.24. The molecule has 0 unspecified atom stereocenters. The van der Waals surface area contributed by atoms with Crippen molar-refractivity contribution in [1.82, 2.24) is 20.4 Å². The number of amides is 1. The van der Waals surface area contributed by atoms with Crippen LogP contribution in [0.4, 0.5) is 0 Å². The fourth-order valence-electron chi connectivity index (χ4n) is 2.40. The number of piperazine rings is 1. The maximum absolute atomic E-state index is 12.5. The SMILES string of the molecule is CC.CN/C(=C\OCCNCCOC)C(=O)N1CCN(C(C)C)CC1. The van der Waals surface area contributed by atoms with Crippen LogP contribution in [0.25, 0.3) is 0 Å². The molecule has 1 amide bonds. The quantitative estimate of drug-likeness (QED) is 0.343. The predicted octanol–water partition coefficient (Wildman–Crippen LogP) is 0.879. The second-order valence-electron chi connectivity index (χ2n) is 5.82. The fraction of sp³-hybridized carbons (Fsp3) is 0.833. The summed E-state index contributed by atoms with van der Waals surface area (Å²) in [5.74, 6) is 0.00301. The number of rotatable bonds is 10. The van der Waals surface area contributed by atoms with Crippen molar-refractivity contribution in [3.05, 3.63) is 12.0 Å². The Bertz CT molecular complexity index is 367. The van der Waals surface area contributed by atoms with Gasteiger partial charge in [-0.15, -0.1) is 0 Å². The van der Waals surface area contributed by atoms with Crippen LogP contribution in [0, 0.1) is 0 Å². The molecule has 1 aliphatic rings. The van der Waals surface area contributed by atoms with Gasteiger partial charge in [0.2, 0.25) is 0 Å². The van der Waals surface area contributed by atoms with Gasteiger partial charge in [-0.25, -0.2) is 0 Å². The van der Waals surface area contributed by atoms with E-state index in [-0.39, 0.29) is 5.91 Å². The van der Waals surface area contributed by atoms with Gasteiger partial charge in [0.25, 0.3) is 5.91 Å². The van der Waals surface area contributed by atoms with Crippen LogP contribution < -0.4 is 10.6 Å². The summed E-state index contributed by atoms with van der Waals surface area (Å²) >= 11 is 0. The molecule has 7 heteroatoms. The Morgan fingerprint density at radius 2 is 1.72 bits per heavy atom. The molecule has 1 aliphatic heterocycles. The van der Waals surface area contributed by atoms with E-state index in [1.807, 2.05) is 18.7 Å². The molecule has 0 aromatic rings. The third kappa shape index (κ3) is 9.67. The lowest BCUT2D eigenvalue weighted by Crippen LogP contribution is -2.51. The highest BCUT2D eigenvalue weighted by Crippen LogP contribution is 2.08. The van der Waals surface area contributed by atoms with Crippen molar-refractivity contribution in [1.29, 1.82) is 0 Å². The van der Waals surface area contributed by atoms with E-state index in [2.05, 4.69) is 29.4 Å². The van der Waals surface area contributed by atoms with E-state index in [9.17, 15) is 4.79 Å². The van der Waals surface area contributed by atoms with Crippen LogP contribution >= 0.6 is 0 Å². The molecule has 1 heterocycles. The lowest BCUT2D eigenvalue weighted by molar-refractivity contribution is -0.129. The summed E-state index contributed by atoms with van der Waals surface area (Å²) in [4.78, 5) is 16.7. The average Bonchev–Trinajstić information content (AvgIpc) is 2.65. The molecule has 7 nitrogen and oxygen atoms in total. The summed E-state index contributed by atoms with van der Waals surface area (Å²) in [6, 6.07) is 0.528. The number of hydrogen-bond acceptors (Lipinski definition) is 6. The van der Waals surface area contributed by atoms with Gasteiger partial charge in [-0.1, -0.05) is 13.8 Å². The van der Waals surface area contributed by atoms with E-state index in [0.29, 0.717) is 25.0 Å². The summed E-state index contributed by atoms with van der Waals surface area (Å²) in [7, 11) is 3.42. The Balaban J connectivity index is 0.00000277. The van der Waals surface area contributed by atoms with Gasteiger partial charge < -0.3 is 25.0 Å². The molecule has 0 aliphatic carbocycles. The van der Waals surface area contributed by atoms with Crippen LogP contribution in [0.1, 0.15) is 27.7 Å². The second kappa shape index (κ2) is 15.0. The third-order valence-corrected chi connectivity index (χ3v) is 3.91. The molecular formula is C18H38N4O3. The minimum atomic E-state index is 0.00301. The lowest BCUT2D eigenvalue weighted by Gasteiger charge is -2.37. The van der Waals surface area contributed by atoms with Crippen molar-refractivity contribution in [2.24, 2.45) is 0 Å². The number of hydrogen-bond donors (Lipinski definition) is 2. The van der Waals surface area contributed by atoms with E-state index in [1.165, 1.54) is 6.26 Å². The monoisotopic (exact) mass is 358 g/mol. The van der Waals surface area contributed by atoms with Gasteiger partial charge in [0.05, 0.1) is 13.2 Å². The standard InChI is InChI=1S/C16H32N4O3.C2H6/c1-14(2)19-7-9-20(10-8-19)16(21)15(17-3)13-23-12-6-18-5-11-22-4;1-2/h13-14,17-18H,5-12H2,1-4H3;1-2H3/b15-13-;. The summed E-state index contributed by atoms with van der Waals surface area (Å²) in [6.45, 7) is 14.4. The molecule has 25 heavy (non-hydrogen) atoms. The second-order valence-corrected chi connectivity index (χ2v) is 5.82. The lowest BCUT2D eigenvalue weighted by atomic mass is 10.2. The topological polar surface area (TPSA) is 66.1 Å². The van der Waals surface area contributed by atoms with Crippen LogP contribution in [0.3, 0.4) is 0 Å². The summed E-state index contributed by atoms with van der Waals surface area (Å²) in [6.07, 6.45) is 1.52. The molecule has 1 rings (SSSR count). The third-order valence-electron chi connectivity index (χ3n) is 3.91. The van der Waals surface area contributed by atoms with E-state index in [0.717, 1.165) is 39.3 Å². The highest BCUT2D eigenvalue weighted by molar-refractivity contribution is 5.92. The predicted molar refractivity (Wildman–Crippen MR) is 102 cm³/mol. The Morgan fingerprint density at radius 1 is 1.12 bits per heavy atom. The largest absolute Gasteiger partial charge is 0.498 e. The Labute approximate surface area is 153 Å². The van der Waals surface area contributed by atoms with Crippen LogP contribution in [-0.4, -0.2) is 88.4 Å². The number of nitrogens with zero attached hydrogens (tertiary/aromatic N) is 2. The van der Waals surface area contributed by atoms with Crippen LogP contribution in [0.5, 0.6) is 0 Å². The zero-order valence-corrected chi connectivity index (χ0v) is 16.9. The van der Waals surface area contributed by atoms with Crippen molar-refractivity contribution in [2.75, 3.05) is 66.6 Å². The first-order valence-corrected chi connectivity index (χ1v) is 9.32. The smallest absolute Gasteiger partial charge is 0.273 e. The molecule has 1 saturated heterocycles. The van der Waals surface area contributed by atoms with Gasteiger partial charge in [-0.2, -0.15) is 0 Å². The molecule has 0 aromatic heterocycles. The van der Waals surface area contributed by atoms with Crippen molar-refractivity contribution in [3.63, 3.8) is 0 Å². The first-order valence-electron chi connectivity index (χ1n) is 9.32. The molecule has 148 valence electrons. The molecule has 0 aromatic carbocycles. The van der Waals surface area contributed by atoms with E-state index in [1.54, 1.807) is 14.2 Å². The Hall–Kier alpha value is -1.31. The summed E-state index contributed by atoms with van der Waals surface area (Å²) in [5.41, 5.74) is 0.500. The first kappa shape index (κ1) is 23.7. The van der Waals surface area contributed by atoms with Crippen LogP contribution in [0.15, 0.2) is 12.0 Å².